The van der Waals surface area contributed by atoms with Crippen LogP contribution < -0.4 is 5.73 Å². The standard InChI is InChI=1S/C14H17N5OS/c1-9(2)8-19(7-3-5-15)14(20)12-11(16)10-4-6-17-18-13(10)21-12/h4,6,9H,3,7-8,16H2,1-2H3. The summed E-state index contributed by atoms with van der Waals surface area (Å²) in [4.78, 5) is 15.5. The van der Waals surface area contributed by atoms with Crippen molar-refractivity contribution >= 4 is 33.1 Å². The summed E-state index contributed by atoms with van der Waals surface area (Å²) in [6.45, 7) is 5.07. The van der Waals surface area contributed by atoms with Crippen molar-refractivity contribution in [3.8, 4) is 6.07 Å². The zero-order valence-electron chi connectivity index (χ0n) is 12.0. The molecule has 0 atom stereocenters. The molecule has 0 aliphatic heterocycles. The maximum absolute atomic E-state index is 12.7. The van der Waals surface area contributed by atoms with Crippen molar-refractivity contribution in [1.29, 1.82) is 5.26 Å². The number of rotatable bonds is 5. The van der Waals surface area contributed by atoms with Crippen molar-refractivity contribution in [2.45, 2.75) is 20.3 Å². The first kappa shape index (κ1) is 15.2. The van der Waals surface area contributed by atoms with Gasteiger partial charge >= 0.3 is 0 Å². The van der Waals surface area contributed by atoms with Crippen LogP contribution in [-0.2, 0) is 0 Å². The Morgan fingerprint density at radius 1 is 1.57 bits per heavy atom. The van der Waals surface area contributed by atoms with Crippen molar-refractivity contribution in [2.75, 3.05) is 18.8 Å². The van der Waals surface area contributed by atoms with Gasteiger partial charge in [-0.2, -0.15) is 10.4 Å². The van der Waals surface area contributed by atoms with E-state index in [4.69, 9.17) is 11.0 Å². The van der Waals surface area contributed by atoms with Crippen molar-refractivity contribution < 1.29 is 4.79 Å². The van der Waals surface area contributed by atoms with Gasteiger partial charge < -0.3 is 10.6 Å². The van der Waals surface area contributed by atoms with Crippen molar-refractivity contribution in [3.63, 3.8) is 0 Å². The largest absolute Gasteiger partial charge is 0.397 e. The number of carbonyl (C=O) groups excluding carboxylic acids is 1. The minimum absolute atomic E-state index is 0.139. The van der Waals surface area contributed by atoms with Crippen molar-refractivity contribution in [2.24, 2.45) is 5.92 Å². The Morgan fingerprint density at radius 3 is 2.95 bits per heavy atom. The number of hydrogen-bond acceptors (Lipinski definition) is 6. The summed E-state index contributed by atoms with van der Waals surface area (Å²) in [7, 11) is 0. The number of fused-ring (bicyclic) bond motifs is 1. The van der Waals surface area contributed by atoms with Gasteiger partial charge in [0.2, 0.25) is 0 Å². The van der Waals surface area contributed by atoms with Crippen LogP contribution in [0.25, 0.3) is 10.2 Å². The third-order valence-corrected chi connectivity index (χ3v) is 4.07. The number of anilines is 1. The first-order valence-corrected chi connectivity index (χ1v) is 7.52. The fourth-order valence-corrected chi connectivity index (χ4v) is 3.08. The number of amides is 1. The third-order valence-electron chi connectivity index (χ3n) is 2.98. The van der Waals surface area contributed by atoms with Crippen molar-refractivity contribution in [1.82, 2.24) is 15.1 Å². The van der Waals surface area contributed by atoms with E-state index in [0.29, 0.717) is 40.8 Å². The lowest BCUT2D eigenvalue weighted by molar-refractivity contribution is 0.0746. The Bertz CT molecular complexity index is 688. The Morgan fingerprint density at radius 2 is 2.33 bits per heavy atom. The van der Waals surface area contributed by atoms with E-state index in [0.717, 1.165) is 5.39 Å². The van der Waals surface area contributed by atoms with E-state index in [9.17, 15) is 4.79 Å². The van der Waals surface area contributed by atoms with E-state index in [1.165, 1.54) is 11.3 Å². The molecule has 2 rings (SSSR count). The zero-order valence-corrected chi connectivity index (χ0v) is 12.9. The molecule has 6 nitrogen and oxygen atoms in total. The quantitative estimate of drug-likeness (QED) is 0.914. The summed E-state index contributed by atoms with van der Waals surface area (Å²) in [6.07, 6.45) is 1.87. The monoisotopic (exact) mass is 303 g/mol. The summed E-state index contributed by atoms with van der Waals surface area (Å²) < 4.78 is 0. The molecule has 2 heterocycles. The highest BCUT2D eigenvalue weighted by atomic mass is 32.1. The molecule has 0 saturated heterocycles. The first-order chi connectivity index (χ1) is 10.0. The van der Waals surface area contributed by atoms with Crippen molar-refractivity contribution in [3.05, 3.63) is 17.1 Å². The number of aromatic nitrogens is 2. The average molecular weight is 303 g/mol. The van der Waals surface area contributed by atoms with Crippen LogP contribution in [-0.4, -0.2) is 34.1 Å². The van der Waals surface area contributed by atoms with Crippen LogP contribution in [0, 0.1) is 17.2 Å². The number of nitrogens with two attached hydrogens (primary N) is 1. The number of nitrogens with zero attached hydrogens (tertiary/aromatic N) is 4. The lowest BCUT2D eigenvalue weighted by atomic mass is 10.2. The molecular weight excluding hydrogens is 286 g/mol. The van der Waals surface area contributed by atoms with Gasteiger partial charge in [-0.3, -0.25) is 4.79 Å². The molecule has 21 heavy (non-hydrogen) atoms. The highest BCUT2D eigenvalue weighted by molar-refractivity contribution is 7.21. The van der Waals surface area contributed by atoms with E-state index < -0.39 is 0 Å². The Labute approximate surface area is 127 Å². The fraction of sp³-hybridized carbons (Fsp3) is 0.429. The fourth-order valence-electron chi connectivity index (χ4n) is 2.08. The summed E-state index contributed by atoms with van der Waals surface area (Å²) in [5.74, 6) is 0.183. The van der Waals surface area contributed by atoms with Gasteiger partial charge in [0.15, 0.2) is 0 Å². The van der Waals surface area contributed by atoms with Crippen LogP contribution in [0.3, 0.4) is 0 Å². The molecule has 7 heteroatoms. The number of hydrogen-bond donors (Lipinski definition) is 1. The van der Waals surface area contributed by atoms with Gasteiger partial charge in [0.25, 0.3) is 5.91 Å². The summed E-state index contributed by atoms with van der Waals surface area (Å²) in [6, 6.07) is 3.83. The summed E-state index contributed by atoms with van der Waals surface area (Å²) in [5.41, 5.74) is 6.51. The third kappa shape index (κ3) is 3.28. The second-order valence-electron chi connectivity index (χ2n) is 5.15. The van der Waals surface area contributed by atoms with Crippen LogP contribution in [0.1, 0.15) is 29.9 Å². The normalized spacial score (nSPS) is 10.8. The van der Waals surface area contributed by atoms with Crippen LogP contribution in [0.15, 0.2) is 12.3 Å². The molecule has 0 unspecified atom stereocenters. The second-order valence-corrected chi connectivity index (χ2v) is 6.15. The van der Waals surface area contributed by atoms with Crippen LogP contribution >= 0.6 is 11.3 Å². The topological polar surface area (TPSA) is 95.9 Å². The van der Waals surface area contributed by atoms with Crippen LogP contribution in [0.5, 0.6) is 0 Å². The van der Waals surface area contributed by atoms with Gasteiger partial charge in [0.1, 0.15) is 9.71 Å². The maximum Gasteiger partial charge on any atom is 0.266 e. The maximum atomic E-state index is 12.7. The summed E-state index contributed by atoms with van der Waals surface area (Å²) in [5, 5.41) is 17.3. The molecule has 0 aliphatic carbocycles. The average Bonchev–Trinajstić information content (AvgIpc) is 2.80. The van der Waals surface area contributed by atoms with E-state index in [1.807, 2.05) is 13.8 Å². The predicted octanol–water partition coefficient (Wildman–Crippen LogP) is 2.29. The van der Waals surface area contributed by atoms with Gasteiger partial charge in [-0.15, -0.1) is 16.4 Å². The summed E-state index contributed by atoms with van der Waals surface area (Å²) >= 11 is 1.25. The molecular formula is C14H17N5OS. The lowest BCUT2D eigenvalue weighted by Gasteiger charge is -2.23. The van der Waals surface area contributed by atoms with Gasteiger partial charge in [-0.1, -0.05) is 13.8 Å². The highest BCUT2D eigenvalue weighted by Crippen LogP contribution is 2.32. The molecule has 0 bridgehead atoms. The van der Waals surface area contributed by atoms with E-state index in [-0.39, 0.29) is 5.91 Å². The van der Waals surface area contributed by atoms with Gasteiger partial charge in [0.05, 0.1) is 24.4 Å². The highest BCUT2D eigenvalue weighted by Gasteiger charge is 2.23. The smallest absolute Gasteiger partial charge is 0.266 e. The predicted molar refractivity (Wildman–Crippen MR) is 82.8 cm³/mol. The Balaban J connectivity index is 2.33. The molecule has 0 saturated carbocycles. The van der Waals surface area contributed by atoms with E-state index >= 15 is 0 Å². The molecule has 110 valence electrons. The number of nitrogen functional groups attached to an aromatic ring is 1. The Hall–Kier alpha value is -2.20. The molecule has 0 radical (unpaired) electrons. The molecule has 2 aromatic heterocycles. The second kappa shape index (κ2) is 6.50. The molecule has 0 fully saturated rings. The van der Waals surface area contributed by atoms with E-state index in [1.54, 1.807) is 17.2 Å². The number of nitriles is 1. The lowest BCUT2D eigenvalue weighted by Crippen LogP contribution is -2.34. The molecule has 0 aliphatic rings. The van der Waals surface area contributed by atoms with Gasteiger partial charge in [-0.05, 0) is 12.0 Å². The molecule has 2 N–H and O–H groups in total. The Kier molecular flexibility index (Phi) is 4.70. The zero-order chi connectivity index (χ0) is 15.4. The van der Waals surface area contributed by atoms with Gasteiger partial charge in [0, 0.05) is 18.5 Å². The number of carbonyl (C=O) groups is 1. The van der Waals surface area contributed by atoms with E-state index in [2.05, 4.69) is 16.3 Å². The minimum Gasteiger partial charge on any atom is -0.397 e. The molecule has 0 aromatic carbocycles. The van der Waals surface area contributed by atoms with Crippen LogP contribution in [0.2, 0.25) is 0 Å². The molecule has 0 spiro atoms. The van der Waals surface area contributed by atoms with Crippen LogP contribution in [0.4, 0.5) is 5.69 Å². The molecule has 2 aromatic rings. The first-order valence-electron chi connectivity index (χ1n) is 6.70. The van der Waals surface area contributed by atoms with Gasteiger partial charge in [-0.25, -0.2) is 0 Å². The molecule has 1 amide bonds. The number of thiophene rings is 1. The SMILES string of the molecule is CC(C)CN(CCC#N)C(=O)c1sc2nnccc2c1N. The minimum atomic E-state index is -0.139.